The van der Waals surface area contributed by atoms with Crippen molar-refractivity contribution in [2.24, 2.45) is 5.92 Å². The lowest BCUT2D eigenvalue weighted by Crippen LogP contribution is -2.41. The minimum absolute atomic E-state index is 0.0515. The molecule has 1 aromatic carbocycles. The Bertz CT molecular complexity index is 465. The Morgan fingerprint density at radius 3 is 2.89 bits per heavy atom. The molecule has 1 aliphatic rings. The van der Waals surface area contributed by atoms with Crippen molar-refractivity contribution in [1.82, 2.24) is 5.32 Å². The molecule has 1 heterocycles. The van der Waals surface area contributed by atoms with Crippen LogP contribution in [0.15, 0.2) is 36.5 Å². The number of urea groups is 1. The number of nitrogens with zero attached hydrogens (tertiary/aromatic N) is 1. The minimum atomic E-state index is -0.0515. The van der Waals surface area contributed by atoms with Gasteiger partial charge in [-0.2, -0.15) is 0 Å². The van der Waals surface area contributed by atoms with Gasteiger partial charge in [0.05, 0.1) is 0 Å². The average Bonchev–Trinajstić information content (AvgIpc) is 2.64. The molecule has 1 aromatic rings. The first kappa shape index (κ1) is 12.7. The van der Waals surface area contributed by atoms with E-state index in [1.54, 1.807) is 6.20 Å². The zero-order chi connectivity index (χ0) is 13.1. The molecular weight excluding hydrogens is 224 g/mol. The van der Waals surface area contributed by atoms with E-state index in [0.717, 1.165) is 12.1 Å². The monoisotopic (exact) mass is 244 g/mol. The summed E-state index contributed by atoms with van der Waals surface area (Å²) in [5, 5.41) is 2.83. The number of benzene rings is 1. The maximum atomic E-state index is 12.2. The van der Waals surface area contributed by atoms with E-state index < -0.39 is 0 Å². The molecule has 0 aliphatic carbocycles. The van der Waals surface area contributed by atoms with Crippen molar-refractivity contribution in [2.45, 2.75) is 33.2 Å². The van der Waals surface area contributed by atoms with E-state index in [4.69, 9.17) is 0 Å². The molecule has 0 fully saturated rings. The normalized spacial score (nSPS) is 18.4. The van der Waals surface area contributed by atoms with Crippen LogP contribution in [-0.2, 0) is 6.42 Å². The fourth-order valence-electron chi connectivity index (χ4n) is 2.26. The maximum absolute atomic E-state index is 12.2. The van der Waals surface area contributed by atoms with Gasteiger partial charge in [0, 0.05) is 17.9 Å². The number of nitrogens with one attached hydrogen (secondary N) is 1. The number of carbonyl (C=O) groups is 1. The van der Waals surface area contributed by atoms with Gasteiger partial charge >= 0.3 is 6.03 Å². The van der Waals surface area contributed by atoms with Crippen LogP contribution in [0.4, 0.5) is 10.5 Å². The van der Waals surface area contributed by atoms with Gasteiger partial charge < -0.3 is 5.32 Å². The van der Waals surface area contributed by atoms with Gasteiger partial charge in [-0.05, 0) is 30.9 Å². The number of para-hydroxylation sites is 1. The number of anilines is 1. The van der Waals surface area contributed by atoms with Crippen molar-refractivity contribution in [3.8, 4) is 0 Å². The van der Waals surface area contributed by atoms with Gasteiger partial charge in [0.1, 0.15) is 0 Å². The highest BCUT2D eigenvalue weighted by Crippen LogP contribution is 2.31. The third kappa shape index (κ3) is 2.55. The van der Waals surface area contributed by atoms with Crippen LogP contribution in [0.3, 0.4) is 0 Å². The van der Waals surface area contributed by atoms with Crippen LogP contribution in [0, 0.1) is 5.92 Å². The predicted molar refractivity (Wildman–Crippen MR) is 74.6 cm³/mol. The van der Waals surface area contributed by atoms with Gasteiger partial charge in [-0.25, -0.2) is 4.79 Å². The van der Waals surface area contributed by atoms with Crippen LogP contribution in [0.1, 0.15) is 26.3 Å². The van der Waals surface area contributed by atoms with Gasteiger partial charge in [0.2, 0.25) is 0 Å². The summed E-state index contributed by atoms with van der Waals surface area (Å²) in [7, 11) is 0. The molecule has 18 heavy (non-hydrogen) atoms. The average molecular weight is 244 g/mol. The van der Waals surface area contributed by atoms with E-state index >= 15 is 0 Å². The number of fused-ring (bicyclic) bond motifs is 1. The summed E-state index contributed by atoms with van der Waals surface area (Å²) in [6.07, 6.45) is 4.64. The molecule has 0 aromatic heterocycles. The number of rotatable bonds is 2. The number of amides is 2. The largest absolute Gasteiger partial charge is 0.326 e. The second-order valence-electron chi connectivity index (χ2n) is 5.10. The minimum Gasteiger partial charge on any atom is -0.315 e. The van der Waals surface area contributed by atoms with E-state index in [0.29, 0.717) is 5.92 Å². The van der Waals surface area contributed by atoms with E-state index in [2.05, 4.69) is 32.2 Å². The first-order valence-corrected chi connectivity index (χ1v) is 6.44. The second kappa shape index (κ2) is 5.25. The molecule has 0 bridgehead atoms. The lowest BCUT2D eigenvalue weighted by molar-refractivity contribution is 0.248. The molecule has 0 spiro atoms. The smallest absolute Gasteiger partial charge is 0.315 e. The fraction of sp³-hybridized carbons (Fsp3) is 0.400. The highest BCUT2D eigenvalue weighted by molar-refractivity contribution is 5.95. The molecule has 96 valence electrons. The molecule has 1 N–H and O–H groups in total. The van der Waals surface area contributed by atoms with E-state index in [1.807, 2.05) is 29.2 Å². The summed E-state index contributed by atoms with van der Waals surface area (Å²) in [6.45, 7) is 6.23. The lowest BCUT2D eigenvalue weighted by atomic mass is 10.1. The summed E-state index contributed by atoms with van der Waals surface area (Å²) >= 11 is 0. The second-order valence-corrected chi connectivity index (χ2v) is 5.10. The van der Waals surface area contributed by atoms with E-state index in [9.17, 15) is 4.79 Å². The highest BCUT2D eigenvalue weighted by atomic mass is 16.2. The molecular formula is C15H20N2O. The van der Waals surface area contributed by atoms with Gasteiger partial charge in [0.25, 0.3) is 0 Å². The van der Waals surface area contributed by atoms with Crippen molar-refractivity contribution in [3.63, 3.8) is 0 Å². The zero-order valence-electron chi connectivity index (χ0n) is 11.2. The first-order chi connectivity index (χ1) is 8.59. The van der Waals surface area contributed by atoms with Crippen LogP contribution in [0.25, 0.3) is 0 Å². The van der Waals surface area contributed by atoms with Crippen LogP contribution < -0.4 is 10.2 Å². The number of hydrogen-bond acceptors (Lipinski definition) is 1. The van der Waals surface area contributed by atoms with Crippen molar-refractivity contribution < 1.29 is 4.79 Å². The third-order valence-electron chi connectivity index (χ3n) is 3.11. The van der Waals surface area contributed by atoms with Crippen LogP contribution in [-0.4, -0.2) is 12.1 Å². The molecule has 0 saturated carbocycles. The molecule has 3 nitrogen and oxygen atoms in total. The van der Waals surface area contributed by atoms with Gasteiger partial charge in [-0.3, -0.25) is 4.90 Å². The van der Waals surface area contributed by atoms with Gasteiger partial charge in [0.15, 0.2) is 0 Å². The summed E-state index contributed by atoms with van der Waals surface area (Å²) < 4.78 is 0. The summed E-state index contributed by atoms with van der Waals surface area (Å²) in [4.78, 5) is 14.0. The fourth-order valence-corrected chi connectivity index (χ4v) is 2.26. The predicted octanol–water partition coefficient (Wildman–Crippen LogP) is 3.32. The SMILES string of the molecule is CC(C)/C=C/NC(=O)N1c2ccccc2CC1C. The summed E-state index contributed by atoms with van der Waals surface area (Å²) in [6, 6.07) is 8.25. The van der Waals surface area contributed by atoms with Crippen molar-refractivity contribution in [1.29, 1.82) is 0 Å². The van der Waals surface area contributed by atoms with Crippen molar-refractivity contribution >= 4 is 11.7 Å². The quantitative estimate of drug-likeness (QED) is 0.850. The number of allylic oxidation sites excluding steroid dienone is 1. The Morgan fingerprint density at radius 2 is 2.17 bits per heavy atom. The van der Waals surface area contributed by atoms with E-state index in [-0.39, 0.29) is 12.1 Å². The van der Waals surface area contributed by atoms with Crippen molar-refractivity contribution in [2.75, 3.05) is 4.90 Å². The number of hydrogen-bond donors (Lipinski definition) is 1. The molecule has 0 saturated heterocycles. The Morgan fingerprint density at radius 1 is 1.44 bits per heavy atom. The van der Waals surface area contributed by atoms with E-state index in [1.165, 1.54) is 5.56 Å². The summed E-state index contributed by atoms with van der Waals surface area (Å²) in [5.74, 6) is 0.439. The van der Waals surface area contributed by atoms with Crippen LogP contribution in [0.2, 0.25) is 0 Å². The Kier molecular flexibility index (Phi) is 3.70. The Balaban J connectivity index is 2.11. The Hall–Kier alpha value is -1.77. The molecule has 2 rings (SSSR count). The van der Waals surface area contributed by atoms with Crippen LogP contribution >= 0.6 is 0 Å². The van der Waals surface area contributed by atoms with Crippen LogP contribution in [0.5, 0.6) is 0 Å². The Labute approximate surface area is 108 Å². The first-order valence-electron chi connectivity index (χ1n) is 6.44. The molecule has 2 amide bonds. The molecule has 0 radical (unpaired) electrons. The lowest BCUT2D eigenvalue weighted by Gasteiger charge is -2.22. The standard InChI is InChI=1S/C15H20N2O/c1-11(2)8-9-16-15(18)17-12(3)10-13-6-4-5-7-14(13)17/h4-9,11-12H,10H2,1-3H3,(H,16,18)/b9-8+. The van der Waals surface area contributed by atoms with Gasteiger partial charge in [-0.1, -0.05) is 38.1 Å². The summed E-state index contributed by atoms with van der Waals surface area (Å²) in [5.41, 5.74) is 2.27. The molecule has 3 heteroatoms. The molecule has 1 unspecified atom stereocenters. The number of carbonyl (C=O) groups excluding carboxylic acids is 1. The topological polar surface area (TPSA) is 32.3 Å². The van der Waals surface area contributed by atoms with Gasteiger partial charge in [-0.15, -0.1) is 0 Å². The molecule has 1 atom stereocenters. The van der Waals surface area contributed by atoms with Crippen molar-refractivity contribution in [3.05, 3.63) is 42.1 Å². The highest BCUT2D eigenvalue weighted by Gasteiger charge is 2.29. The molecule has 1 aliphatic heterocycles. The maximum Gasteiger partial charge on any atom is 0.326 e. The zero-order valence-corrected chi connectivity index (χ0v) is 11.2. The third-order valence-corrected chi connectivity index (χ3v) is 3.11.